The summed E-state index contributed by atoms with van der Waals surface area (Å²) in [6, 6.07) is 16.8. The third-order valence-electron chi connectivity index (χ3n) is 8.50. The number of nitrogens with zero attached hydrogens (tertiary/aromatic N) is 4. The van der Waals surface area contributed by atoms with Crippen molar-refractivity contribution < 1.29 is 24.1 Å². The fraction of sp³-hybridized carbons (Fsp3) is 0.212. The van der Waals surface area contributed by atoms with Crippen molar-refractivity contribution >= 4 is 97.4 Å². The van der Waals surface area contributed by atoms with Gasteiger partial charge in [0.1, 0.15) is 5.57 Å². The zero-order chi connectivity index (χ0) is 33.0. The molecule has 1 aliphatic carbocycles. The number of hydrogen-bond donors (Lipinski definition) is 1. The highest BCUT2D eigenvalue weighted by Crippen LogP contribution is 2.43. The standard InChI is InChI=1S/C33H25N5O6S3/c1-17-5-4-6-19(13-17)37-31(42)23(28(39)35-32(37)45)14-18-9-12-26(25(15-18)38(43)44)46-33-34-24-11-10-20(16-27(24)47-33)36-29(40)21-7-2-3-8-22(21)30(36)41/h4-6,9-16,21-22H,2-3,7-8H2,1H3,(H,35,39,45)/b23-14+/t21-,22+. The van der Waals surface area contributed by atoms with Crippen molar-refractivity contribution in [3.05, 3.63) is 87.5 Å². The van der Waals surface area contributed by atoms with Crippen LogP contribution in [0.25, 0.3) is 16.3 Å². The van der Waals surface area contributed by atoms with E-state index in [2.05, 4.69) is 10.3 Å². The zero-order valence-electron chi connectivity index (χ0n) is 24.8. The lowest BCUT2D eigenvalue weighted by Crippen LogP contribution is -2.54. The van der Waals surface area contributed by atoms with Crippen LogP contribution in [-0.4, -0.2) is 38.6 Å². The molecular weight excluding hydrogens is 659 g/mol. The van der Waals surface area contributed by atoms with Crippen molar-refractivity contribution in [1.82, 2.24) is 10.3 Å². The number of anilines is 2. The van der Waals surface area contributed by atoms with Crippen molar-refractivity contribution in [2.75, 3.05) is 9.80 Å². The Balaban J connectivity index is 1.15. The molecule has 0 bridgehead atoms. The summed E-state index contributed by atoms with van der Waals surface area (Å²) in [4.78, 5) is 71.5. The van der Waals surface area contributed by atoms with Crippen molar-refractivity contribution in [2.24, 2.45) is 11.8 Å². The second-order valence-electron chi connectivity index (χ2n) is 11.5. The normalized spacial score (nSPS) is 20.7. The first-order chi connectivity index (χ1) is 22.6. The largest absolute Gasteiger partial charge is 0.298 e. The molecule has 0 spiro atoms. The van der Waals surface area contributed by atoms with Gasteiger partial charge in [-0.2, -0.15) is 0 Å². The molecule has 11 nitrogen and oxygen atoms in total. The Hall–Kier alpha value is -4.79. The van der Waals surface area contributed by atoms with Gasteiger partial charge in [-0.3, -0.25) is 44.4 Å². The second-order valence-corrected chi connectivity index (χ2v) is 14.2. The van der Waals surface area contributed by atoms with Crippen molar-refractivity contribution in [2.45, 2.75) is 41.8 Å². The first-order valence-electron chi connectivity index (χ1n) is 14.8. The molecule has 2 saturated heterocycles. The van der Waals surface area contributed by atoms with Crippen LogP contribution in [0.4, 0.5) is 17.1 Å². The number of carbonyl (C=O) groups is 4. The lowest BCUT2D eigenvalue weighted by molar-refractivity contribution is -0.387. The third kappa shape index (κ3) is 5.62. The van der Waals surface area contributed by atoms with Gasteiger partial charge in [-0.25, -0.2) is 4.98 Å². The van der Waals surface area contributed by atoms with Gasteiger partial charge in [0.05, 0.1) is 43.2 Å². The molecule has 14 heteroatoms. The molecular formula is C33H25N5O6S3. The molecule has 3 aliphatic rings. The quantitative estimate of drug-likeness (QED) is 0.0630. The van der Waals surface area contributed by atoms with Gasteiger partial charge in [0.15, 0.2) is 9.45 Å². The summed E-state index contributed by atoms with van der Waals surface area (Å²) in [7, 11) is 0. The van der Waals surface area contributed by atoms with Gasteiger partial charge in [0.25, 0.3) is 17.5 Å². The van der Waals surface area contributed by atoms with Crippen LogP contribution in [-0.2, 0) is 19.2 Å². The Morgan fingerprint density at radius 3 is 2.40 bits per heavy atom. The summed E-state index contributed by atoms with van der Waals surface area (Å²) in [5, 5.41) is 14.6. The monoisotopic (exact) mass is 683 g/mol. The van der Waals surface area contributed by atoms with E-state index >= 15 is 0 Å². The van der Waals surface area contributed by atoms with E-state index in [0.717, 1.165) is 47.7 Å². The predicted molar refractivity (Wildman–Crippen MR) is 182 cm³/mol. The molecule has 2 atom stereocenters. The van der Waals surface area contributed by atoms with E-state index in [1.165, 1.54) is 33.3 Å². The molecule has 4 amide bonds. The molecule has 7 rings (SSSR count). The highest BCUT2D eigenvalue weighted by molar-refractivity contribution is 8.01. The van der Waals surface area contributed by atoms with E-state index in [0.29, 0.717) is 26.1 Å². The molecule has 47 heavy (non-hydrogen) atoms. The van der Waals surface area contributed by atoms with Crippen LogP contribution in [0.5, 0.6) is 0 Å². The van der Waals surface area contributed by atoms with Gasteiger partial charge < -0.3 is 0 Å². The minimum absolute atomic E-state index is 0.0555. The van der Waals surface area contributed by atoms with Gasteiger partial charge in [0.2, 0.25) is 11.8 Å². The molecule has 3 fully saturated rings. The Labute approximate surface area is 281 Å². The number of aryl methyl sites for hydroxylation is 1. The van der Waals surface area contributed by atoms with E-state index in [-0.39, 0.29) is 45.6 Å². The first kappa shape index (κ1) is 30.8. The number of nitro groups is 1. The van der Waals surface area contributed by atoms with Gasteiger partial charge in [0, 0.05) is 6.07 Å². The van der Waals surface area contributed by atoms with E-state index in [9.17, 15) is 29.3 Å². The van der Waals surface area contributed by atoms with Gasteiger partial charge >= 0.3 is 0 Å². The summed E-state index contributed by atoms with van der Waals surface area (Å²) >= 11 is 7.67. The molecule has 1 aromatic heterocycles. The number of hydrogen-bond acceptors (Lipinski definition) is 10. The molecule has 3 aromatic carbocycles. The van der Waals surface area contributed by atoms with E-state index < -0.39 is 16.7 Å². The van der Waals surface area contributed by atoms with Crippen molar-refractivity contribution in [1.29, 1.82) is 0 Å². The maximum Gasteiger partial charge on any atom is 0.283 e. The van der Waals surface area contributed by atoms with Crippen LogP contribution < -0.4 is 15.1 Å². The number of carbonyl (C=O) groups excluding carboxylic acids is 4. The highest BCUT2D eigenvalue weighted by Gasteiger charge is 2.48. The lowest BCUT2D eigenvalue weighted by Gasteiger charge is -2.29. The van der Waals surface area contributed by atoms with Crippen molar-refractivity contribution in [3.8, 4) is 0 Å². The van der Waals surface area contributed by atoms with Crippen LogP contribution in [0, 0.1) is 28.9 Å². The Bertz CT molecular complexity index is 2070. The molecule has 1 N–H and O–H groups in total. The van der Waals surface area contributed by atoms with E-state index in [1.807, 2.05) is 13.0 Å². The Morgan fingerprint density at radius 1 is 0.979 bits per heavy atom. The minimum atomic E-state index is -0.699. The van der Waals surface area contributed by atoms with Crippen LogP contribution in [0.1, 0.15) is 36.8 Å². The molecule has 0 radical (unpaired) electrons. The molecule has 0 unspecified atom stereocenters. The SMILES string of the molecule is Cc1cccc(N2C(=O)/C(=C/c3ccc(Sc4nc5ccc(N6C(=O)[C@H]7CCCC[C@H]7C6=O)cc5s4)c([N+](=O)[O-])c3)C(=O)NC2=S)c1. The van der Waals surface area contributed by atoms with Gasteiger partial charge in [-0.05, 0) is 85.6 Å². The van der Waals surface area contributed by atoms with Crippen LogP contribution >= 0.6 is 35.3 Å². The predicted octanol–water partition coefficient (Wildman–Crippen LogP) is 6.18. The molecule has 236 valence electrons. The first-order valence-corrected chi connectivity index (χ1v) is 16.9. The molecule has 1 saturated carbocycles. The zero-order valence-corrected chi connectivity index (χ0v) is 27.2. The average Bonchev–Trinajstić information content (AvgIpc) is 3.56. The maximum absolute atomic E-state index is 13.4. The number of imide groups is 1. The van der Waals surface area contributed by atoms with Crippen LogP contribution in [0.15, 0.2) is 75.5 Å². The number of thiocarbonyl (C=S) groups is 1. The molecule has 3 heterocycles. The number of nitro benzene ring substituents is 1. The number of benzene rings is 3. The lowest BCUT2D eigenvalue weighted by atomic mass is 9.81. The molecule has 2 aliphatic heterocycles. The number of aromatic nitrogens is 1. The van der Waals surface area contributed by atoms with E-state index in [1.54, 1.807) is 48.5 Å². The van der Waals surface area contributed by atoms with Gasteiger partial charge in [-0.1, -0.05) is 42.8 Å². The number of nitrogens with one attached hydrogen (secondary N) is 1. The Kier molecular flexibility index (Phi) is 7.94. The van der Waals surface area contributed by atoms with Gasteiger partial charge in [-0.15, -0.1) is 11.3 Å². The fourth-order valence-electron chi connectivity index (χ4n) is 6.26. The highest BCUT2D eigenvalue weighted by atomic mass is 32.2. The second kappa shape index (κ2) is 12.1. The number of fused-ring (bicyclic) bond motifs is 2. The summed E-state index contributed by atoms with van der Waals surface area (Å²) in [6.45, 7) is 1.87. The summed E-state index contributed by atoms with van der Waals surface area (Å²) in [6.07, 6.45) is 4.66. The van der Waals surface area contributed by atoms with Crippen molar-refractivity contribution in [3.63, 3.8) is 0 Å². The third-order valence-corrected chi connectivity index (χ3v) is 10.9. The topological polar surface area (TPSA) is 143 Å². The summed E-state index contributed by atoms with van der Waals surface area (Å²) < 4.78 is 1.27. The Morgan fingerprint density at radius 2 is 1.70 bits per heavy atom. The number of thiazole rings is 1. The van der Waals surface area contributed by atoms with Crippen LogP contribution in [0.3, 0.4) is 0 Å². The van der Waals surface area contributed by atoms with E-state index in [4.69, 9.17) is 12.2 Å². The summed E-state index contributed by atoms with van der Waals surface area (Å²) in [5.74, 6) is -2.16. The summed E-state index contributed by atoms with van der Waals surface area (Å²) in [5.41, 5.74) is 2.37. The number of rotatable bonds is 6. The maximum atomic E-state index is 13.4. The minimum Gasteiger partial charge on any atom is -0.298 e. The fourth-order valence-corrected chi connectivity index (χ4v) is 8.69. The van der Waals surface area contributed by atoms with Crippen LogP contribution in [0.2, 0.25) is 0 Å². The number of amides is 4. The average molecular weight is 684 g/mol. The molecule has 4 aromatic rings. The smallest absolute Gasteiger partial charge is 0.283 e.